The highest BCUT2D eigenvalue weighted by Gasteiger charge is 2.33. The van der Waals surface area contributed by atoms with Crippen molar-refractivity contribution < 1.29 is 34.3 Å². The number of nitro benzene ring substituents is 1. The van der Waals surface area contributed by atoms with Gasteiger partial charge >= 0.3 is 5.97 Å². The van der Waals surface area contributed by atoms with Gasteiger partial charge in [0.25, 0.3) is 17.5 Å². The molecule has 0 radical (unpaired) electrons. The largest absolute Gasteiger partial charge is 0.508 e. The Kier molecular flexibility index (Phi) is 8.40. The number of nitrogens with zero attached hydrogens (tertiary/aromatic N) is 3. The average Bonchev–Trinajstić information content (AvgIpc) is 2.89. The molecule has 0 aromatic heterocycles. The minimum Gasteiger partial charge on any atom is -0.508 e. The summed E-state index contributed by atoms with van der Waals surface area (Å²) < 4.78 is 0. The molecule has 3 aromatic rings. The third-order valence-corrected chi connectivity index (χ3v) is 5.92. The van der Waals surface area contributed by atoms with Gasteiger partial charge in [0.1, 0.15) is 5.75 Å². The van der Waals surface area contributed by atoms with Gasteiger partial charge in [-0.1, -0.05) is 29.8 Å². The molecule has 0 saturated heterocycles. The molecule has 0 bridgehead atoms. The summed E-state index contributed by atoms with van der Waals surface area (Å²) in [5.74, 6) is 1.64. The summed E-state index contributed by atoms with van der Waals surface area (Å²) in [7, 11) is 1.47. The molecule has 0 fully saturated rings. The van der Waals surface area contributed by atoms with E-state index in [1.54, 1.807) is 12.1 Å². The second-order valence-corrected chi connectivity index (χ2v) is 8.45. The molecule has 13 heteroatoms. The molecular weight excluding hydrogens is 520 g/mol. The number of phenolic OH excluding ortho intramolecular Hbond substituents is 1. The molecule has 3 aromatic carbocycles. The molecule has 0 unspecified atom stereocenters. The first-order valence-electron chi connectivity index (χ1n) is 10.9. The standard InChI is InChI=1S/C25H21ClN4O8/c1-28(15-5-4-6-16(31)12-15)23(33)14-9-10-17(19(26)11-14)24(34)29(27)21(25(35)36)13-22(32)18-7-2-3-8-20(18)30(37)38/h2-12,21,31H,13,27H2,1H3,(H,35,36)/t21-/m0/s1. The summed E-state index contributed by atoms with van der Waals surface area (Å²) in [6.45, 7) is 0. The van der Waals surface area contributed by atoms with Gasteiger partial charge in [-0.15, -0.1) is 0 Å². The van der Waals surface area contributed by atoms with Crippen LogP contribution < -0.4 is 10.7 Å². The number of carbonyl (C=O) groups is 4. The maximum atomic E-state index is 13.0. The fourth-order valence-electron chi connectivity index (χ4n) is 3.57. The highest BCUT2D eigenvalue weighted by atomic mass is 35.5. The molecule has 0 heterocycles. The van der Waals surface area contributed by atoms with Crippen molar-refractivity contribution in [2.24, 2.45) is 5.84 Å². The van der Waals surface area contributed by atoms with E-state index < -0.39 is 46.6 Å². The minimum absolute atomic E-state index is 0.0440. The Labute approximate surface area is 220 Å². The first-order valence-corrected chi connectivity index (χ1v) is 11.2. The van der Waals surface area contributed by atoms with E-state index in [4.69, 9.17) is 17.4 Å². The number of hydrazine groups is 1. The predicted molar refractivity (Wildman–Crippen MR) is 136 cm³/mol. The maximum absolute atomic E-state index is 13.0. The highest BCUT2D eigenvalue weighted by molar-refractivity contribution is 6.34. The van der Waals surface area contributed by atoms with Crippen LogP contribution in [0.25, 0.3) is 0 Å². The molecule has 2 amide bonds. The van der Waals surface area contributed by atoms with Gasteiger partial charge in [-0.3, -0.25) is 29.5 Å². The number of Topliss-reactive ketones (excluding diaryl/α,β-unsaturated/α-hetero) is 1. The van der Waals surface area contributed by atoms with Crippen LogP contribution in [0.4, 0.5) is 11.4 Å². The summed E-state index contributed by atoms with van der Waals surface area (Å²) in [5, 5.41) is 30.6. The number of halogens is 1. The van der Waals surface area contributed by atoms with Crippen molar-refractivity contribution in [2.45, 2.75) is 12.5 Å². The van der Waals surface area contributed by atoms with Crippen LogP contribution in [0, 0.1) is 10.1 Å². The molecular formula is C25H21ClN4O8. The zero-order valence-corrected chi connectivity index (χ0v) is 20.5. The summed E-state index contributed by atoms with van der Waals surface area (Å²) in [6.07, 6.45) is -0.842. The SMILES string of the molecule is CN(C(=O)c1ccc(C(=O)N(N)[C@@H](CC(=O)c2ccccc2[N+](=O)[O-])C(=O)O)c(Cl)c1)c1cccc(O)c1. The van der Waals surface area contributed by atoms with Gasteiger partial charge in [0.05, 0.1) is 21.1 Å². The van der Waals surface area contributed by atoms with Crippen LogP contribution in [-0.2, 0) is 4.79 Å². The lowest BCUT2D eigenvalue weighted by molar-refractivity contribution is -0.385. The maximum Gasteiger partial charge on any atom is 0.328 e. The predicted octanol–water partition coefficient (Wildman–Crippen LogP) is 3.27. The minimum atomic E-state index is -1.87. The van der Waals surface area contributed by atoms with E-state index in [0.29, 0.717) is 10.7 Å². The lowest BCUT2D eigenvalue weighted by Crippen LogP contribution is -2.50. The van der Waals surface area contributed by atoms with Crippen LogP contribution in [0.5, 0.6) is 5.75 Å². The highest BCUT2D eigenvalue weighted by Crippen LogP contribution is 2.25. The number of anilines is 1. The molecule has 0 aliphatic heterocycles. The van der Waals surface area contributed by atoms with Gasteiger partial charge in [-0.25, -0.2) is 10.6 Å². The van der Waals surface area contributed by atoms with Crippen molar-refractivity contribution >= 4 is 46.5 Å². The zero-order valence-electron chi connectivity index (χ0n) is 19.8. The Morgan fingerprint density at radius 3 is 2.29 bits per heavy atom. The number of nitrogens with two attached hydrogens (primary N) is 1. The molecule has 3 rings (SSSR count). The Morgan fingerprint density at radius 1 is 1.00 bits per heavy atom. The third kappa shape index (κ3) is 5.94. The fraction of sp³-hybridized carbons (Fsp3) is 0.120. The first-order chi connectivity index (χ1) is 17.9. The van der Waals surface area contributed by atoms with E-state index in [-0.39, 0.29) is 27.5 Å². The van der Waals surface area contributed by atoms with Gasteiger partial charge in [0.2, 0.25) is 0 Å². The second kappa shape index (κ2) is 11.5. The average molecular weight is 541 g/mol. The zero-order chi connectivity index (χ0) is 28.1. The normalized spacial score (nSPS) is 11.3. The fourth-order valence-corrected chi connectivity index (χ4v) is 3.83. The lowest BCUT2D eigenvalue weighted by atomic mass is 10.0. The number of rotatable bonds is 9. The second-order valence-electron chi connectivity index (χ2n) is 8.05. The van der Waals surface area contributed by atoms with E-state index >= 15 is 0 Å². The third-order valence-electron chi connectivity index (χ3n) is 5.60. The first kappa shape index (κ1) is 27.8. The van der Waals surface area contributed by atoms with Gasteiger partial charge < -0.3 is 15.1 Å². The van der Waals surface area contributed by atoms with Crippen LogP contribution in [0.2, 0.25) is 5.02 Å². The Balaban J connectivity index is 1.82. The van der Waals surface area contributed by atoms with Crippen molar-refractivity contribution in [3.8, 4) is 5.75 Å². The van der Waals surface area contributed by atoms with Gasteiger partial charge in [-0.2, -0.15) is 0 Å². The summed E-state index contributed by atoms with van der Waals surface area (Å²) in [6, 6.07) is 12.7. The van der Waals surface area contributed by atoms with E-state index in [2.05, 4.69) is 0 Å². The Bertz CT molecular complexity index is 1440. The summed E-state index contributed by atoms with van der Waals surface area (Å²) in [5.41, 5.74) is -0.610. The Hall–Kier alpha value is -4.81. The van der Waals surface area contributed by atoms with Crippen molar-refractivity contribution in [1.82, 2.24) is 5.01 Å². The number of carbonyl (C=O) groups excluding carboxylic acids is 3. The number of benzene rings is 3. The molecule has 0 aliphatic carbocycles. The molecule has 0 aliphatic rings. The number of hydrogen-bond acceptors (Lipinski definition) is 8. The topological polar surface area (TPSA) is 184 Å². The van der Waals surface area contributed by atoms with E-state index in [9.17, 15) is 39.5 Å². The van der Waals surface area contributed by atoms with Crippen LogP contribution in [0.1, 0.15) is 37.5 Å². The molecule has 0 spiro atoms. The summed E-state index contributed by atoms with van der Waals surface area (Å²) >= 11 is 6.23. The van der Waals surface area contributed by atoms with Crippen molar-refractivity contribution in [2.75, 3.05) is 11.9 Å². The van der Waals surface area contributed by atoms with Crippen LogP contribution in [0.3, 0.4) is 0 Å². The van der Waals surface area contributed by atoms with Gasteiger partial charge in [0.15, 0.2) is 11.8 Å². The number of amides is 2. The lowest BCUT2D eigenvalue weighted by Gasteiger charge is -2.24. The smallest absolute Gasteiger partial charge is 0.328 e. The number of ketones is 1. The molecule has 38 heavy (non-hydrogen) atoms. The number of nitro groups is 1. The molecule has 12 nitrogen and oxygen atoms in total. The summed E-state index contributed by atoms with van der Waals surface area (Å²) in [4.78, 5) is 62.1. The number of hydrogen-bond donors (Lipinski definition) is 3. The Morgan fingerprint density at radius 2 is 1.68 bits per heavy atom. The molecule has 0 saturated carbocycles. The molecule has 1 atom stereocenters. The van der Waals surface area contributed by atoms with E-state index in [0.717, 1.165) is 6.07 Å². The number of aliphatic carboxylic acids is 1. The number of carboxylic acids is 1. The number of aromatic hydroxyl groups is 1. The van der Waals surface area contributed by atoms with Gasteiger partial charge in [0, 0.05) is 36.9 Å². The van der Waals surface area contributed by atoms with E-state index in [1.165, 1.54) is 60.5 Å². The van der Waals surface area contributed by atoms with Crippen LogP contribution >= 0.6 is 11.6 Å². The van der Waals surface area contributed by atoms with E-state index in [1.807, 2.05) is 0 Å². The van der Waals surface area contributed by atoms with Crippen LogP contribution in [-0.4, -0.2) is 56.8 Å². The quantitative estimate of drug-likeness (QED) is 0.120. The number of para-hydroxylation sites is 1. The molecule has 4 N–H and O–H groups in total. The monoisotopic (exact) mass is 540 g/mol. The van der Waals surface area contributed by atoms with Crippen molar-refractivity contribution in [3.63, 3.8) is 0 Å². The number of carboxylic acid groups (broad SMARTS) is 1. The van der Waals surface area contributed by atoms with Gasteiger partial charge in [-0.05, 0) is 36.4 Å². The van der Waals surface area contributed by atoms with Crippen LogP contribution in [0.15, 0.2) is 66.7 Å². The van der Waals surface area contributed by atoms with Crippen molar-refractivity contribution in [1.29, 1.82) is 0 Å². The molecule has 196 valence electrons. The van der Waals surface area contributed by atoms with Crippen molar-refractivity contribution in [3.05, 3.63) is 98.6 Å². The number of phenols is 1.